The quantitative estimate of drug-likeness (QED) is 0.882. The molecule has 1 unspecified atom stereocenters. The summed E-state index contributed by atoms with van der Waals surface area (Å²) in [6.45, 7) is 0. The Balaban J connectivity index is 2.30. The third kappa shape index (κ3) is 3.30. The minimum absolute atomic E-state index is 0.0387. The predicted octanol–water partition coefficient (Wildman–Crippen LogP) is 3.51. The van der Waals surface area contributed by atoms with E-state index in [2.05, 4.69) is 0 Å². The number of nitrogens with two attached hydrogens (primary N) is 1. The molecule has 0 aromatic heterocycles. The molecule has 2 N–H and O–H groups in total. The molecule has 2 nitrogen and oxygen atoms in total. The van der Waals surface area contributed by atoms with E-state index in [4.69, 9.17) is 17.3 Å². The smallest absolute Gasteiger partial charge is 0.127 e. The van der Waals surface area contributed by atoms with Gasteiger partial charge in [-0.3, -0.25) is 4.21 Å². The molecule has 0 saturated heterocycles. The van der Waals surface area contributed by atoms with Gasteiger partial charge in [0.1, 0.15) is 11.6 Å². The molecule has 1 atom stereocenters. The number of nitrogen functional groups attached to an aromatic ring is 1. The molecule has 19 heavy (non-hydrogen) atoms. The van der Waals surface area contributed by atoms with Gasteiger partial charge in [-0.1, -0.05) is 11.6 Å². The highest BCUT2D eigenvalue weighted by Gasteiger charge is 2.13. The van der Waals surface area contributed by atoms with E-state index in [-0.39, 0.29) is 16.3 Å². The zero-order valence-electron chi connectivity index (χ0n) is 9.70. The van der Waals surface area contributed by atoms with Crippen LogP contribution in [-0.2, 0) is 16.6 Å². The lowest BCUT2D eigenvalue weighted by Gasteiger charge is -2.07. The normalized spacial score (nSPS) is 12.4. The van der Waals surface area contributed by atoms with Crippen LogP contribution in [0.15, 0.2) is 41.3 Å². The number of anilines is 1. The molecule has 0 aliphatic heterocycles. The second kappa shape index (κ2) is 5.67. The van der Waals surface area contributed by atoms with Gasteiger partial charge in [-0.2, -0.15) is 0 Å². The van der Waals surface area contributed by atoms with Crippen molar-refractivity contribution in [3.05, 3.63) is 58.6 Å². The average Bonchev–Trinajstić information content (AvgIpc) is 2.36. The molecule has 0 fully saturated rings. The van der Waals surface area contributed by atoms with Crippen molar-refractivity contribution in [2.45, 2.75) is 10.6 Å². The molecule has 0 spiro atoms. The van der Waals surface area contributed by atoms with E-state index >= 15 is 0 Å². The van der Waals surface area contributed by atoms with Gasteiger partial charge < -0.3 is 5.73 Å². The van der Waals surface area contributed by atoms with E-state index in [1.807, 2.05) is 0 Å². The maximum absolute atomic E-state index is 13.5. The number of halogens is 3. The molecule has 0 aliphatic rings. The van der Waals surface area contributed by atoms with Crippen LogP contribution < -0.4 is 5.73 Å². The highest BCUT2D eigenvalue weighted by atomic mass is 35.5. The first-order valence-electron chi connectivity index (χ1n) is 5.34. The van der Waals surface area contributed by atoms with Crippen LogP contribution in [0.3, 0.4) is 0 Å². The molecule has 0 saturated carbocycles. The van der Waals surface area contributed by atoms with Gasteiger partial charge in [0, 0.05) is 11.3 Å². The van der Waals surface area contributed by atoms with Crippen molar-refractivity contribution in [1.82, 2.24) is 0 Å². The minimum atomic E-state index is -1.59. The van der Waals surface area contributed by atoms with Crippen molar-refractivity contribution in [3.8, 4) is 0 Å². The summed E-state index contributed by atoms with van der Waals surface area (Å²) < 4.78 is 38.6. The van der Waals surface area contributed by atoms with Gasteiger partial charge in [0.25, 0.3) is 0 Å². The van der Waals surface area contributed by atoms with E-state index in [0.717, 1.165) is 18.2 Å². The van der Waals surface area contributed by atoms with Crippen LogP contribution in [0.25, 0.3) is 0 Å². The molecule has 0 radical (unpaired) electrons. The molecule has 6 heteroatoms. The molecular weight excluding hydrogens is 292 g/mol. The number of hydrogen-bond donors (Lipinski definition) is 1. The summed E-state index contributed by atoms with van der Waals surface area (Å²) >= 11 is 5.91. The molecule has 0 amide bonds. The molecule has 2 aromatic rings. The maximum atomic E-state index is 13.5. The van der Waals surface area contributed by atoms with Gasteiger partial charge >= 0.3 is 0 Å². The lowest BCUT2D eigenvalue weighted by atomic mass is 10.2. The Hall–Kier alpha value is -1.46. The fourth-order valence-electron chi connectivity index (χ4n) is 1.57. The van der Waals surface area contributed by atoms with Crippen LogP contribution in [0.5, 0.6) is 0 Å². The van der Waals surface area contributed by atoms with Crippen molar-refractivity contribution < 1.29 is 13.0 Å². The zero-order chi connectivity index (χ0) is 14.0. The SMILES string of the molecule is Nc1ccc(Cl)c(S(=O)Cc2cc(F)ccc2F)c1. The van der Waals surface area contributed by atoms with Crippen LogP contribution in [0.1, 0.15) is 5.56 Å². The number of rotatable bonds is 3. The van der Waals surface area contributed by atoms with Crippen molar-refractivity contribution in [2.75, 3.05) is 5.73 Å². The Bertz CT molecular complexity index is 649. The van der Waals surface area contributed by atoms with E-state index in [0.29, 0.717) is 10.6 Å². The van der Waals surface area contributed by atoms with Gasteiger partial charge in [-0.15, -0.1) is 0 Å². The summed E-state index contributed by atoms with van der Waals surface area (Å²) in [6, 6.07) is 7.60. The first kappa shape index (κ1) is 14.0. The summed E-state index contributed by atoms with van der Waals surface area (Å²) in [7, 11) is -1.59. The maximum Gasteiger partial charge on any atom is 0.127 e. The number of benzene rings is 2. The zero-order valence-corrected chi connectivity index (χ0v) is 11.3. The van der Waals surface area contributed by atoms with Gasteiger partial charge in [-0.05, 0) is 36.4 Å². The van der Waals surface area contributed by atoms with Crippen LogP contribution >= 0.6 is 11.6 Å². The lowest BCUT2D eigenvalue weighted by Crippen LogP contribution is -2.01. The lowest BCUT2D eigenvalue weighted by molar-refractivity contribution is 0.590. The molecule has 0 aliphatic carbocycles. The molecule has 0 bridgehead atoms. The van der Waals surface area contributed by atoms with Crippen molar-refractivity contribution >= 4 is 28.1 Å². The number of hydrogen-bond acceptors (Lipinski definition) is 2. The fourth-order valence-corrected chi connectivity index (χ4v) is 3.16. The monoisotopic (exact) mass is 301 g/mol. The molecule has 2 aromatic carbocycles. The van der Waals surface area contributed by atoms with Gasteiger partial charge in [0.15, 0.2) is 0 Å². The summed E-state index contributed by atoms with van der Waals surface area (Å²) in [6.07, 6.45) is 0. The summed E-state index contributed by atoms with van der Waals surface area (Å²) in [5.74, 6) is -1.34. The predicted molar refractivity (Wildman–Crippen MR) is 72.3 cm³/mol. The highest BCUT2D eigenvalue weighted by Crippen LogP contribution is 2.25. The van der Waals surface area contributed by atoms with Crippen molar-refractivity contribution in [2.24, 2.45) is 0 Å². The average molecular weight is 302 g/mol. The molecule has 2 rings (SSSR count). The second-order valence-electron chi connectivity index (χ2n) is 3.92. The molecular formula is C13H10ClF2NOS. The molecule has 0 heterocycles. The van der Waals surface area contributed by atoms with Crippen molar-refractivity contribution in [1.29, 1.82) is 0 Å². The topological polar surface area (TPSA) is 43.1 Å². The largest absolute Gasteiger partial charge is 0.399 e. The minimum Gasteiger partial charge on any atom is -0.399 e. The van der Waals surface area contributed by atoms with Crippen LogP contribution in [0.4, 0.5) is 14.5 Å². The highest BCUT2D eigenvalue weighted by molar-refractivity contribution is 7.84. The van der Waals surface area contributed by atoms with Gasteiger partial charge in [0.05, 0.1) is 26.5 Å². The Morgan fingerprint density at radius 3 is 2.63 bits per heavy atom. The first-order chi connectivity index (χ1) is 8.97. The van der Waals surface area contributed by atoms with Gasteiger partial charge in [-0.25, -0.2) is 8.78 Å². The first-order valence-corrected chi connectivity index (χ1v) is 7.04. The molecule has 100 valence electrons. The third-order valence-corrected chi connectivity index (χ3v) is 4.34. The van der Waals surface area contributed by atoms with Crippen molar-refractivity contribution in [3.63, 3.8) is 0 Å². The van der Waals surface area contributed by atoms with Crippen LogP contribution in [-0.4, -0.2) is 4.21 Å². The summed E-state index contributed by atoms with van der Waals surface area (Å²) in [5, 5.41) is 0.282. The summed E-state index contributed by atoms with van der Waals surface area (Å²) in [5.41, 5.74) is 6.03. The Morgan fingerprint density at radius 1 is 1.16 bits per heavy atom. The van der Waals surface area contributed by atoms with E-state index < -0.39 is 22.4 Å². The second-order valence-corrected chi connectivity index (χ2v) is 5.74. The fraction of sp³-hybridized carbons (Fsp3) is 0.0769. The third-order valence-electron chi connectivity index (χ3n) is 2.49. The van der Waals surface area contributed by atoms with E-state index in [1.54, 1.807) is 6.07 Å². The Labute approximate surface area is 116 Å². The van der Waals surface area contributed by atoms with Crippen LogP contribution in [0.2, 0.25) is 5.02 Å². The van der Waals surface area contributed by atoms with Gasteiger partial charge in [0.2, 0.25) is 0 Å². The standard InChI is InChI=1S/C13H10ClF2NOS/c14-11-3-2-10(17)6-13(11)19(18)7-8-5-9(15)1-4-12(8)16/h1-6H,7,17H2. The van der Waals surface area contributed by atoms with E-state index in [1.165, 1.54) is 12.1 Å². The van der Waals surface area contributed by atoms with E-state index in [9.17, 15) is 13.0 Å². The summed E-state index contributed by atoms with van der Waals surface area (Å²) in [4.78, 5) is 0.310. The van der Waals surface area contributed by atoms with Crippen LogP contribution in [0, 0.1) is 11.6 Å². The Morgan fingerprint density at radius 2 is 1.89 bits per heavy atom. The Kier molecular flexibility index (Phi) is 4.17.